The van der Waals surface area contributed by atoms with Crippen molar-refractivity contribution in [1.82, 2.24) is 0 Å². The summed E-state index contributed by atoms with van der Waals surface area (Å²) in [6.07, 6.45) is 9.54. The molecule has 0 saturated carbocycles. The number of aryl methyl sites for hydroxylation is 2. The van der Waals surface area contributed by atoms with Crippen molar-refractivity contribution in [1.29, 1.82) is 0 Å². The number of nitrogens with one attached hydrogen (secondary N) is 4. The molecule has 0 bridgehead atoms. The summed E-state index contributed by atoms with van der Waals surface area (Å²) >= 11 is 0. The van der Waals surface area contributed by atoms with Crippen LogP contribution in [0, 0.1) is 0 Å². The van der Waals surface area contributed by atoms with Crippen molar-refractivity contribution in [3.05, 3.63) is 132 Å². The van der Waals surface area contributed by atoms with E-state index in [9.17, 15) is 19.2 Å². The Balaban J connectivity index is 1.19. The van der Waals surface area contributed by atoms with E-state index in [4.69, 9.17) is 9.47 Å². The molecule has 52 heavy (non-hydrogen) atoms. The number of anilines is 4. The highest BCUT2D eigenvalue weighted by Gasteiger charge is 2.18. The molecule has 0 saturated heterocycles. The Bertz CT molecular complexity index is 1930. The Hall–Kier alpha value is -6.56. The first-order chi connectivity index (χ1) is 25.2. The lowest BCUT2D eigenvalue weighted by Crippen LogP contribution is -2.33. The van der Waals surface area contributed by atoms with Gasteiger partial charge in [-0.15, -0.1) is 0 Å². The Kier molecular flexibility index (Phi) is 12.3. The van der Waals surface area contributed by atoms with Crippen LogP contribution in [0.15, 0.2) is 110 Å². The number of pyridine rings is 2. The number of rotatable bonds is 14. The maximum atomic E-state index is 13.1. The fourth-order valence-electron chi connectivity index (χ4n) is 5.48. The second-order valence-corrected chi connectivity index (χ2v) is 11.9. The van der Waals surface area contributed by atoms with Gasteiger partial charge in [0.2, 0.25) is 0 Å². The normalized spacial score (nSPS) is 10.5. The van der Waals surface area contributed by atoms with Crippen molar-refractivity contribution < 1.29 is 37.8 Å². The highest BCUT2D eigenvalue weighted by molar-refractivity contribution is 6.10. The van der Waals surface area contributed by atoms with Crippen LogP contribution in [0.5, 0.6) is 11.5 Å². The number of carbonyl (C=O) groups excluding carboxylic acids is 4. The van der Waals surface area contributed by atoms with Gasteiger partial charge in [-0.25, -0.2) is 9.13 Å². The van der Waals surface area contributed by atoms with E-state index in [-0.39, 0.29) is 11.8 Å². The highest BCUT2D eigenvalue weighted by Crippen LogP contribution is 2.26. The fourth-order valence-corrected chi connectivity index (χ4v) is 5.48. The minimum atomic E-state index is -0.412. The molecule has 0 fully saturated rings. The van der Waals surface area contributed by atoms with Gasteiger partial charge in [-0.2, -0.15) is 0 Å². The smallest absolute Gasteiger partial charge is 0.259 e. The SMILES string of the molecule is CCC[n+]1cccc(NC(=O)c2ccc(NC(=O)c3ccc(C(=O)Nc4ccc(C(=O)Nc5ccc[n+](CCC)c5)c(OC)c4)cc3)cc2OC)c1. The minimum Gasteiger partial charge on any atom is -0.496 e. The Morgan fingerprint density at radius 1 is 0.519 bits per heavy atom. The van der Waals surface area contributed by atoms with Crippen LogP contribution < -0.4 is 39.9 Å². The second-order valence-electron chi connectivity index (χ2n) is 11.9. The minimum absolute atomic E-state index is 0.293. The van der Waals surface area contributed by atoms with Gasteiger partial charge in [-0.1, -0.05) is 13.8 Å². The zero-order chi connectivity index (χ0) is 37.0. The summed E-state index contributed by atoms with van der Waals surface area (Å²) in [6, 6.07) is 23.1. The molecular formula is C40H42N6O6+2. The molecule has 0 aliphatic carbocycles. The number of nitrogens with zero attached hydrogens (tertiary/aromatic N) is 2. The van der Waals surface area contributed by atoms with Gasteiger partial charge < -0.3 is 30.7 Å². The maximum Gasteiger partial charge on any atom is 0.259 e. The molecule has 3 aromatic carbocycles. The maximum absolute atomic E-state index is 13.1. The number of benzene rings is 3. The van der Waals surface area contributed by atoms with Gasteiger partial charge in [-0.3, -0.25) is 19.2 Å². The molecule has 0 atom stereocenters. The van der Waals surface area contributed by atoms with Crippen LogP contribution in [-0.2, 0) is 13.1 Å². The fraction of sp³-hybridized carbons (Fsp3) is 0.200. The largest absolute Gasteiger partial charge is 0.496 e. The predicted octanol–water partition coefficient (Wildman–Crippen LogP) is 6.11. The van der Waals surface area contributed by atoms with Gasteiger partial charge in [0.15, 0.2) is 24.8 Å². The van der Waals surface area contributed by atoms with Crippen LogP contribution in [0.1, 0.15) is 68.1 Å². The monoisotopic (exact) mass is 702 g/mol. The molecule has 12 nitrogen and oxygen atoms in total. The van der Waals surface area contributed by atoms with Crippen molar-refractivity contribution in [3.8, 4) is 11.5 Å². The molecule has 0 aliphatic heterocycles. The molecule has 0 unspecified atom stereocenters. The Morgan fingerprint density at radius 3 is 1.27 bits per heavy atom. The number of hydrogen-bond acceptors (Lipinski definition) is 6. The summed E-state index contributed by atoms with van der Waals surface area (Å²) in [5.41, 5.74) is 3.41. The van der Waals surface area contributed by atoms with Gasteiger partial charge in [0.05, 0.1) is 25.3 Å². The number of aromatic nitrogens is 2. The van der Waals surface area contributed by atoms with Gasteiger partial charge in [0.25, 0.3) is 23.6 Å². The topological polar surface area (TPSA) is 143 Å². The molecule has 12 heteroatoms. The van der Waals surface area contributed by atoms with Gasteiger partial charge in [0, 0.05) is 59.6 Å². The number of amides is 4. The number of methoxy groups -OCH3 is 2. The quantitative estimate of drug-likeness (QED) is 0.103. The lowest BCUT2D eigenvalue weighted by atomic mass is 10.1. The zero-order valence-corrected chi connectivity index (χ0v) is 29.6. The molecule has 5 aromatic rings. The summed E-state index contributed by atoms with van der Waals surface area (Å²) < 4.78 is 14.9. The lowest BCUT2D eigenvalue weighted by Gasteiger charge is -2.13. The molecule has 5 rings (SSSR count). The molecule has 2 aromatic heterocycles. The van der Waals surface area contributed by atoms with Gasteiger partial charge in [-0.05, 0) is 60.7 Å². The number of carbonyl (C=O) groups is 4. The van der Waals surface area contributed by atoms with Crippen LogP contribution in [0.2, 0.25) is 0 Å². The van der Waals surface area contributed by atoms with Gasteiger partial charge in [0.1, 0.15) is 36.0 Å². The average molecular weight is 703 g/mol. The highest BCUT2D eigenvalue weighted by atomic mass is 16.5. The van der Waals surface area contributed by atoms with Crippen LogP contribution in [0.4, 0.5) is 22.7 Å². The molecule has 4 amide bonds. The molecule has 266 valence electrons. The third-order valence-electron chi connectivity index (χ3n) is 8.01. The number of hydrogen-bond donors (Lipinski definition) is 4. The van der Waals surface area contributed by atoms with Gasteiger partial charge >= 0.3 is 0 Å². The summed E-state index contributed by atoms with van der Waals surface area (Å²) in [7, 11) is 2.91. The van der Waals surface area contributed by atoms with E-state index in [1.54, 1.807) is 36.4 Å². The van der Waals surface area contributed by atoms with Crippen molar-refractivity contribution in [3.63, 3.8) is 0 Å². The molecule has 0 spiro atoms. The molecule has 0 radical (unpaired) electrons. The molecule has 0 aliphatic rings. The second kappa shape index (κ2) is 17.4. The van der Waals surface area contributed by atoms with Crippen LogP contribution in [0.25, 0.3) is 0 Å². The van der Waals surface area contributed by atoms with E-state index in [1.165, 1.54) is 38.5 Å². The molecular weight excluding hydrogens is 660 g/mol. The van der Waals surface area contributed by atoms with Crippen LogP contribution >= 0.6 is 0 Å². The van der Waals surface area contributed by atoms with E-state index in [0.717, 1.165) is 25.9 Å². The van der Waals surface area contributed by atoms with Crippen molar-refractivity contribution >= 4 is 46.4 Å². The predicted molar refractivity (Wildman–Crippen MR) is 198 cm³/mol. The van der Waals surface area contributed by atoms with Crippen LogP contribution in [0.3, 0.4) is 0 Å². The first kappa shape index (κ1) is 36.7. The third-order valence-corrected chi connectivity index (χ3v) is 8.01. The lowest BCUT2D eigenvalue weighted by molar-refractivity contribution is -0.696. The third kappa shape index (κ3) is 9.36. The molecule has 2 heterocycles. The summed E-state index contributed by atoms with van der Waals surface area (Å²) in [4.78, 5) is 52.2. The summed E-state index contributed by atoms with van der Waals surface area (Å²) in [6.45, 7) is 5.83. The van der Waals surface area contributed by atoms with Crippen LogP contribution in [-0.4, -0.2) is 37.8 Å². The summed E-state index contributed by atoms with van der Waals surface area (Å²) in [5.74, 6) is -0.931. The Morgan fingerprint density at radius 2 is 0.904 bits per heavy atom. The van der Waals surface area contributed by atoms with Crippen molar-refractivity contribution in [2.45, 2.75) is 39.8 Å². The summed E-state index contributed by atoms with van der Waals surface area (Å²) in [5, 5.41) is 11.4. The zero-order valence-electron chi connectivity index (χ0n) is 29.6. The first-order valence-electron chi connectivity index (χ1n) is 16.9. The number of ether oxygens (including phenoxy) is 2. The van der Waals surface area contributed by atoms with Crippen molar-refractivity contribution in [2.75, 3.05) is 35.5 Å². The first-order valence-corrected chi connectivity index (χ1v) is 16.9. The van der Waals surface area contributed by atoms with E-state index in [1.807, 2.05) is 58.2 Å². The Labute approximate surface area is 302 Å². The van der Waals surface area contributed by atoms with Crippen molar-refractivity contribution in [2.24, 2.45) is 0 Å². The van der Waals surface area contributed by atoms with E-state index in [2.05, 4.69) is 35.1 Å². The van der Waals surface area contributed by atoms with E-state index >= 15 is 0 Å². The van der Waals surface area contributed by atoms with E-state index < -0.39 is 11.8 Å². The standard InChI is InChI=1S/C40H40N6O6/c1-5-19-45-21-7-9-31(25-45)43-39(49)33-17-15-29(23-35(33)51-3)41-37(47)27-11-13-28(14-12-27)38(48)42-30-16-18-34(36(24-30)52-4)40(50)44-32-10-8-22-46(26-32)20-6-2/h7-18,21-26H,5-6,19-20H2,1-4H3,(H2-2,41,42,43,44,47,48,49,50)/p+2. The molecule has 4 N–H and O–H groups in total. The average Bonchev–Trinajstić information content (AvgIpc) is 3.15. The van der Waals surface area contributed by atoms with E-state index in [0.29, 0.717) is 56.5 Å².